The maximum Gasteiger partial charge on any atom is 0.194 e. The Bertz CT molecular complexity index is 263. The van der Waals surface area contributed by atoms with E-state index in [1.807, 2.05) is 0 Å². The standard InChI is InChI=1S/C11H17NO3/c1-13-11-5-3-7-14-10(11)8-9(15-11)4-2-6-12/h9-10H,2-5,7-8H2,1H3/t9-,10+,11+/m0/s1. The second-order valence-electron chi connectivity index (χ2n) is 4.15. The fourth-order valence-electron chi connectivity index (χ4n) is 2.47. The molecule has 2 aliphatic rings. The first-order chi connectivity index (χ1) is 7.30. The average Bonchev–Trinajstić information content (AvgIpc) is 2.65. The summed E-state index contributed by atoms with van der Waals surface area (Å²) in [4.78, 5) is 0. The molecule has 0 radical (unpaired) electrons. The van der Waals surface area contributed by atoms with Crippen LogP contribution in [0.5, 0.6) is 0 Å². The van der Waals surface area contributed by atoms with Crippen LogP contribution in [0.1, 0.15) is 32.1 Å². The Hall–Kier alpha value is -0.630. The summed E-state index contributed by atoms with van der Waals surface area (Å²) >= 11 is 0. The largest absolute Gasteiger partial charge is 0.373 e. The van der Waals surface area contributed by atoms with Crippen LogP contribution in [0.25, 0.3) is 0 Å². The molecule has 0 saturated carbocycles. The van der Waals surface area contributed by atoms with Gasteiger partial charge in [0.05, 0.1) is 12.2 Å². The summed E-state index contributed by atoms with van der Waals surface area (Å²) in [5.41, 5.74) is 0. The normalized spacial score (nSPS) is 39.7. The molecule has 0 aromatic rings. The highest BCUT2D eigenvalue weighted by molar-refractivity contribution is 4.93. The van der Waals surface area contributed by atoms with Gasteiger partial charge >= 0.3 is 0 Å². The third-order valence-electron chi connectivity index (χ3n) is 3.25. The molecule has 3 atom stereocenters. The number of hydrogen-bond donors (Lipinski definition) is 0. The molecule has 2 aliphatic heterocycles. The monoisotopic (exact) mass is 211 g/mol. The quantitative estimate of drug-likeness (QED) is 0.711. The van der Waals surface area contributed by atoms with Crippen LogP contribution in [0.4, 0.5) is 0 Å². The molecule has 0 aliphatic carbocycles. The van der Waals surface area contributed by atoms with Crippen LogP contribution in [-0.2, 0) is 14.2 Å². The Kier molecular flexibility index (Phi) is 3.25. The average molecular weight is 211 g/mol. The maximum atomic E-state index is 8.54. The van der Waals surface area contributed by atoms with Gasteiger partial charge in [0.2, 0.25) is 0 Å². The lowest BCUT2D eigenvalue weighted by Gasteiger charge is -2.36. The molecule has 2 rings (SSSR count). The minimum atomic E-state index is -0.529. The number of fused-ring (bicyclic) bond motifs is 1. The summed E-state index contributed by atoms with van der Waals surface area (Å²) in [6, 6.07) is 2.14. The Labute approximate surface area is 90.1 Å². The van der Waals surface area contributed by atoms with Gasteiger partial charge in [-0.15, -0.1) is 0 Å². The van der Waals surface area contributed by atoms with Crippen molar-refractivity contribution in [3.8, 4) is 6.07 Å². The van der Waals surface area contributed by atoms with Crippen LogP contribution >= 0.6 is 0 Å². The SMILES string of the molecule is CO[C@@]12CCCO[C@@H]1C[C@H](CCC#N)O2. The van der Waals surface area contributed by atoms with E-state index in [-0.39, 0.29) is 12.2 Å². The lowest BCUT2D eigenvalue weighted by atomic mass is 9.99. The zero-order chi connectivity index (χ0) is 10.7. The zero-order valence-corrected chi connectivity index (χ0v) is 9.07. The van der Waals surface area contributed by atoms with E-state index in [4.69, 9.17) is 19.5 Å². The van der Waals surface area contributed by atoms with E-state index in [1.54, 1.807) is 7.11 Å². The molecule has 15 heavy (non-hydrogen) atoms. The third kappa shape index (κ3) is 2.00. The van der Waals surface area contributed by atoms with Crippen LogP contribution in [0.2, 0.25) is 0 Å². The van der Waals surface area contributed by atoms with E-state index >= 15 is 0 Å². The topological polar surface area (TPSA) is 51.5 Å². The summed E-state index contributed by atoms with van der Waals surface area (Å²) < 4.78 is 17.1. The molecular formula is C11H17NO3. The van der Waals surface area contributed by atoms with Crippen molar-refractivity contribution in [1.82, 2.24) is 0 Å². The smallest absolute Gasteiger partial charge is 0.194 e. The van der Waals surface area contributed by atoms with Crippen LogP contribution in [0.15, 0.2) is 0 Å². The summed E-state index contributed by atoms with van der Waals surface area (Å²) in [5.74, 6) is -0.529. The molecular weight excluding hydrogens is 194 g/mol. The van der Waals surface area contributed by atoms with Gasteiger partial charge in [0.25, 0.3) is 0 Å². The van der Waals surface area contributed by atoms with Crippen molar-refractivity contribution >= 4 is 0 Å². The first-order valence-electron chi connectivity index (χ1n) is 5.52. The summed E-state index contributed by atoms with van der Waals surface area (Å²) in [7, 11) is 1.67. The molecule has 0 bridgehead atoms. The van der Waals surface area contributed by atoms with Crippen molar-refractivity contribution in [2.75, 3.05) is 13.7 Å². The number of ether oxygens (including phenoxy) is 3. The van der Waals surface area contributed by atoms with Gasteiger partial charge in [0.15, 0.2) is 5.79 Å². The lowest BCUT2D eigenvalue weighted by Crippen LogP contribution is -2.46. The predicted octanol–water partition coefficient (Wildman–Crippen LogP) is 1.60. The molecule has 2 heterocycles. The summed E-state index contributed by atoms with van der Waals surface area (Å²) in [6.07, 6.45) is 4.23. The third-order valence-corrected chi connectivity index (χ3v) is 3.25. The number of methoxy groups -OCH3 is 1. The van der Waals surface area contributed by atoms with Crippen molar-refractivity contribution in [2.24, 2.45) is 0 Å². The van der Waals surface area contributed by atoms with E-state index < -0.39 is 5.79 Å². The van der Waals surface area contributed by atoms with E-state index in [0.29, 0.717) is 6.42 Å². The van der Waals surface area contributed by atoms with E-state index in [9.17, 15) is 0 Å². The van der Waals surface area contributed by atoms with Crippen molar-refractivity contribution < 1.29 is 14.2 Å². The van der Waals surface area contributed by atoms with Gasteiger partial charge in [-0.2, -0.15) is 5.26 Å². The van der Waals surface area contributed by atoms with Crippen LogP contribution in [0, 0.1) is 11.3 Å². The van der Waals surface area contributed by atoms with Gasteiger partial charge in [-0.1, -0.05) is 0 Å². The van der Waals surface area contributed by atoms with Crippen LogP contribution in [0.3, 0.4) is 0 Å². The molecule has 0 unspecified atom stereocenters. The highest BCUT2D eigenvalue weighted by Gasteiger charge is 2.51. The first-order valence-corrected chi connectivity index (χ1v) is 5.52. The fraction of sp³-hybridized carbons (Fsp3) is 0.909. The van der Waals surface area contributed by atoms with Gasteiger partial charge in [0.1, 0.15) is 6.10 Å². The van der Waals surface area contributed by atoms with Gasteiger partial charge in [-0.05, 0) is 12.8 Å². The Balaban J connectivity index is 1.98. The maximum absolute atomic E-state index is 8.54. The fourth-order valence-corrected chi connectivity index (χ4v) is 2.47. The van der Waals surface area contributed by atoms with E-state index in [2.05, 4.69) is 6.07 Å². The lowest BCUT2D eigenvalue weighted by molar-refractivity contribution is -0.272. The molecule has 0 aromatic heterocycles. The number of nitrogens with zero attached hydrogens (tertiary/aromatic N) is 1. The minimum Gasteiger partial charge on any atom is -0.373 e. The number of nitriles is 1. The molecule has 0 spiro atoms. The van der Waals surface area contributed by atoms with Crippen molar-refractivity contribution in [3.05, 3.63) is 0 Å². The van der Waals surface area contributed by atoms with Gasteiger partial charge in [-0.3, -0.25) is 0 Å². The first kappa shape index (κ1) is 10.9. The Morgan fingerprint density at radius 2 is 2.47 bits per heavy atom. The molecule has 4 heteroatoms. The zero-order valence-electron chi connectivity index (χ0n) is 9.07. The van der Waals surface area contributed by atoms with Crippen molar-refractivity contribution in [3.63, 3.8) is 0 Å². The van der Waals surface area contributed by atoms with Gasteiger partial charge < -0.3 is 14.2 Å². The van der Waals surface area contributed by atoms with Crippen LogP contribution in [-0.4, -0.2) is 31.7 Å². The Morgan fingerprint density at radius 3 is 3.13 bits per heavy atom. The van der Waals surface area contributed by atoms with Gasteiger partial charge in [-0.25, -0.2) is 0 Å². The second-order valence-corrected chi connectivity index (χ2v) is 4.15. The highest BCUT2D eigenvalue weighted by Crippen LogP contribution is 2.41. The summed E-state index contributed by atoms with van der Waals surface area (Å²) in [5, 5.41) is 8.54. The number of hydrogen-bond acceptors (Lipinski definition) is 4. The van der Waals surface area contributed by atoms with E-state index in [0.717, 1.165) is 32.3 Å². The predicted molar refractivity (Wildman–Crippen MR) is 53.1 cm³/mol. The van der Waals surface area contributed by atoms with E-state index in [1.165, 1.54) is 0 Å². The second kappa shape index (κ2) is 4.48. The highest BCUT2D eigenvalue weighted by atomic mass is 16.7. The molecule has 2 saturated heterocycles. The van der Waals surface area contributed by atoms with Gasteiger partial charge in [0, 0.05) is 33.0 Å². The van der Waals surface area contributed by atoms with Crippen molar-refractivity contribution in [1.29, 1.82) is 5.26 Å². The molecule has 2 fully saturated rings. The molecule has 84 valence electrons. The van der Waals surface area contributed by atoms with Crippen molar-refractivity contribution in [2.45, 2.75) is 50.1 Å². The Morgan fingerprint density at radius 1 is 1.60 bits per heavy atom. The minimum absolute atomic E-state index is 0.0555. The molecule has 0 N–H and O–H groups in total. The summed E-state index contributed by atoms with van der Waals surface area (Å²) in [6.45, 7) is 0.796. The molecule has 0 aromatic carbocycles. The van der Waals surface area contributed by atoms with Crippen LogP contribution < -0.4 is 0 Å². The molecule has 4 nitrogen and oxygen atoms in total. The molecule has 0 amide bonds. The number of rotatable bonds is 3.